The molecule has 0 amide bonds. The molecule has 2 aromatic rings. The van der Waals surface area contributed by atoms with E-state index >= 15 is 0 Å². The molecule has 2 aliphatic rings. The average molecular weight is 292 g/mol. The Morgan fingerprint density at radius 2 is 1.95 bits per heavy atom. The summed E-state index contributed by atoms with van der Waals surface area (Å²) in [5, 5.41) is 0. The highest BCUT2D eigenvalue weighted by atomic mass is 15.2. The highest BCUT2D eigenvalue weighted by Crippen LogP contribution is 2.46. The fourth-order valence-corrected chi connectivity index (χ4v) is 4.38. The summed E-state index contributed by atoms with van der Waals surface area (Å²) < 4.78 is 0. The van der Waals surface area contributed by atoms with E-state index in [1.165, 1.54) is 48.2 Å². The molecule has 0 radical (unpaired) electrons. The molecule has 0 aromatic heterocycles. The van der Waals surface area contributed by atoms with Crippen LogP contribution >= 0.6 is 0 Å². The fourth-order valence-electron chi connectivity index (χ4n) is 4.38. The van der Waals surface area contributed by atoms with Gasteiger partial charge in [0.1, 0.15) is 0 Å². The maximum absolute atomic E-state index is 6.01. The van der Waals surface area contributed by atoms with Crippen LogP contribution in [0.4, 0.5) is 0 Å². The molecule has 1 aliphatic heterocycles. The van der Waals surface area contributed by atoms with Crippen LogP contribution in [0.5, 0.6) is 0 Å². The number of hydrogen-bond acceptors (Lipinski definition) is 2. The predicted octanol–water partition coefficient (Wildman–Crippen LogP) is 3.68. The lowest BCUT2D eigenvalue weighted by molar-refractivity contribution is 0.183. The predicted molar refractivity (Wildman–Crippen MR) is 91.8 cm³/mol. The van der Waals surface area contributed by atoms with Crippen LogP contribution < -0.4 is 5.73 Å². The topological polar surface area (TPSA) is 29.3 Å². The highest BCUT2D eigenvalue weighted by molar-refractivity contribution is 5.78. The molecule has 0 saturated carbocycles. The average Bonchev–Trinajstić information content (AvgIpc) is 2.57. The van der Waals surface area contributed by atoms with Crippen LogP contribution in [0.25, 0.3) is 11.1 Å². The fraction of sp³-hybridized carbons (Fsp3) is 0.400. The van der Waals surface area contributed by atoms with Gasteiger partial charge in [-0.2, -0.15) is 0 Å². The summed E-state index contributed by atoms with van der Waals surface area (Å²) >= 11 is 0. The summed E-state index contributed by atoms with van der Waals surface area (Å²) in [6.45, 7) is 5.30. The molecule has 1 aliphatic carbocycles. The molecule has 0 spiro atoms. The third kappa shape index (κ3) is 2.02. The number of rotatable bonds is 3. The second-order valence-electron chi connectivity index (χ2n) is 6.54. The molecule has 1 atom stereocenters. The van der Waals surface area contributed by atoms with Gasteiger partial charge in [-0.1, -0.05) is 43.3 Å². The van der Waals surface area contributed by atoms with Gasteiger partial charge >= 0.3 is 0 Å². The Morgan fingerprint density at radius 1 is 1.14 bits per heavy atom. The molecule has 114 valence electrons. The lowest BCUT2D eigenvalue weighted by Crippen LogP contribution is -2.39. The maximum Gasteiger partial charge on any atom is 0.0397 e. The molecule has 22 heavy (non-hydrogen) atoms. The van der Waals surface area contributed by atoms with Gasteiger partial charge in [-0.25, -0.2) is 0 Å². The molecule has 0 saturated heterocycles. The zero-order chi connectivity index (χ0) is 15.1. The van der Waals surface area contributed by atoms with Gasteiger partial charge < -0.3 is 5.73 Å². The molecule has 4 rings (SSSR count). The number of hydrogen-bond donors (Lipinski definition) is 1. The second kappa shape index (κ2) is 5.53. The second-order valence-corrected chi connectivity index (χ2v) is 6.54. The minimum Gasteiger partial charge on any atom is -0.326 e. The quantitative estimate of drug-likeness (QED) is 0.935. The third-order valence-electron chi connectivity index (χ3n) is 5.29. The van der Waals surface area contributed by atoms with E-state index in [2.05, 4.69) is 48.2 Å². The van der Waals surface area contributed by atoms with Crippen LogP contribution in [0, 0.1) is 0 Å². The van der Waals surface area contributed by atoms with Gasteiger partial charge in [0.15, 0.2) is 0 Å². The van der Waals surface area contributed by atoms with E-state index < -0.39 is 0 Å². The third-order valence-corrected chi connectivity index (χ3v) is 5.29. The Morgan fingerprint density at radius 3 is 2.77 bits per heavy atom. The van der Waals surface area contributed by atoms with Crippen LogP contribution in [-0.4, -0.2) is 18.0 Å². The van der Waals surface area contributed by atoms with Crippen LogP contribution in [0.3, 0.4) is 0 Å². The molecular formula is C20H24N2. The summed E-state index contributed by atoms with van der Waals surface area (Å²) in [5.74, 6) is 0. The van der Waals surface area contributed by atoms with Crippen LogP contribution in [0.2, 0.25) is 0 Å². The van der Waals surface area contributed by atoms with E-state index in [-0.39, 0.29) is 0 Å². The summed E-state index contributed by atoms with van der Waals surface area (Å²) in [6, 6.07) is 14.1. The van der Waals surface area contributed by atoms with Gasteiger partial charge in [0, 0.05) is 19.1 Å². The molecule has 2 heteroatoms. The van der Waals surface area contributed by atoms with Crippen molar-refractivity contribution >= 4 is 0 Å². The summed E-state index contributed by atoms with van der Waals surface area (Å²) in [6.07, 6.45) is 3.54. The van der Waals surface area contributed by atoms with E-state index in [0.29, 0.717) is 12.6 Å². The number of fused-ring (bicyclic) bond motifs is 2. The molecule has 2 aromatic carbocycles. The van der Waals surface area contributed by atoms with Crippen LogP contribution in [0.15, 0.2) is 36.4 Å². The van der Waals surface area contributed by atoms with Crippen molar-refractivity contribution in [2.24, 2.45) is 5.73 Å². The van der Waals surface area contributed by atoms with Crippen molar-refractivity contribution in [1.29, 1.82) is 0 Å². The standard InChI is InChI=1S/C20H24N2/c1-2-10-22-11-9-14-5-4-8-17-19-15(12-18(22)20(14)17)6-3-7-16(19)13-21/h3-8,18H,2,9-13,21H2,1H3/t18-/m0/s1. The summed E-state index contributed by atoms with van der Waals surface area (Å²) in [5.41, 5.74) is 14.8. The van der Waals surface area contributed by atoms with E-state index in [0.717, 1.165) is 6.42 Å². The summed E-state index contributed by atoms with van der Waals surface area (Å²) in [4.78, 5) is 2.68. The highest BCUT2D eigenvalue weighted by Gasteiger charge is 2.34. The number of nitrogens with zero attached hydrogens (tertiary/aromatic N) is 1. The Bertz CT molecular complexity index is 705. The Labute approximate surface area is 132 Å². The van der Waals surface area contributed by atoms with Crippen molar-refractivity contribution in [3.63, 3.8) is 0 Å². The minimum atomic E-state index is 0.556. The Kier molecular flexibility index (Phi) is 3.51. The molecule has 0 fully saturated rings. The summed E-state index contributed by atoms with van der Waals surface area (Å²) in [7, 11) is 0. The van der Waals surface area contributed by atoms with Crippen molar-refractivity contribution in [3.8, 4) is 11.1 Å². The van der Waals surface area contributed by atoms with E-state index in [4.69, 9.17) is 5.73 Å². The molecule has 1 heterocycles. The normalized spacial score (nSPS) is 19.6. The number of nitrogens with two attached hydrogens (primary N) is 1. The minimum absolute atomic E-state index is 0.556. The van der Waals surface area contributed by atoms with Crippen molar-refractivity contribution in [3.05, 3.63) is 58.7 Å². The molecule has 0 unspecified atom stereocenters. The lowest BCUT2D eigenvalue weighted by Gasteiger charge is -2.42. The van der Waals surface area contributed by atoms with Crippen molar-refractivity contribution < 1.29 is 0 Å². The number of benzene rings is 2. The van der Waals surface area contributed by atoms with Gasteiger partial charge in [-0.05, 0) is 59.2 Å². The SMILES string of the molecule is CCCN1CCc2cccc3c2[C@@H]1Cc1cccc(CN)c1-3. The van der Waals surface area contributed by atoms with E-state index in [9.17, 15) is 0 Å². The Hall–Kier alpha value is -1.64. The first-order chi connectivity index (χ1) is 10.8. The van der Waals surface area contributed by atoms with Crippen LogP contribution in [0.1, 0.15) is 41.6 Å². The van der Waals surface area contributed by atoms with Crippen LogP contribution in [-0.2, 0) is 19.4 Å². The zero-order valence-corrected chi connectivity index (χ0v) is 13.3. The molecular weight excluding hydrogens is 268 g/mol. The Balaban J connectivity index is 1.93. The first-order valence-corrected chi connectivity index (χ1v) is 8.50. The monoisotopic (exact) mass is 292 g/mol. The van der Waals surface area contributed by atoms with Crippen molar-refractivity contribution in [2.45, 2.75) is 38.8 Å². The molecule has 2 N–H and O–H groups in total. The van der Waals surface area contributed by atoms with Gasteiger partial charge in [0.05, 0.1) is 0 Å². The first-order valence-electron chi connectivity index (χ1n) is 8.50. The zero-order valence-electron chi connectivity index (χ0n) is 13.3. The maximum atomic E-state index is 6.01. The smallest absolute Gasteiger partial charge is 0.0397 e. The molecule has 0 bridgehead atoms. The van der Waals surface area contributed by atoms with Gasteiger partial charge in [-0.3, -0.25) is 4.90 Å². The van der Waals surface area contributed by atoms with Gasteiger partial charge in [-0.15, -0.1) is 0 Å². The van der Waals surface area contributed by atoms with Gasteiger partial charge in [0.2, 0.25) is 0 Å². The molecule has 2 nitrogen and oxygen atoms in total. The lowest BCUT2D eigenvalue weighted by atomic mass is 9.75. The largest absolute Gasteiger partial charge is 0.326 e. The first kappa shape index (κ1) is 14.0. The van der Waals surface area contributed by atoms with E-state index in [1.54, 1.807) is 11.1 Å². The van der Waals surface area contributed by atoms with E-state index in [1.807, 2.05) is 0 Å². The van der Waals surface area contributed by atoms with Gasteiger partial charge in [0.25, 0.3) is 0 Å². The van der Waals surface area contributed by atoms with Crippen molar-refractivity contribution in [1.82, 2.24) is 4.90 Å². The van der Waals surface area contributed by atoms with Crippen molar-refractivity contribution in [2.75, 3.05) is 13.1 Å².